The van der Waals surface area contributed by atoms with E-state index in [1.807, 2.05) is 6.92 Å². The van der Waals surface area contributed by atoms with Gasteiger partial charge in [0.15, 0.2) is 0 Å². The molecular weight excluding hydrogens is 474 g/mol. The lowest BCUT2D eigenvalue weighted by Gasteiger charge is -2.26. The SMILES string of the molecule is CCCOc1ccc(/C(O)=C2\C(=O)C(=O)N(c3ccc(C(=O)OC)cc3)C2c2ccccc2OC)cc1. The van der Waals surface area contributed by atoms with Crippen molar-refractivity contribution in [3.63, 3.8) is 0 Å². The first-order valence-corrected chi connectivity index (χ1v) is 11.8. The van der Waals surface area contributed by atoms with Crippen molar-refractivity contribution in [2.24, 2.45) is 0 Å². The molecule has 1 amide bonds. The number of amides is 1. The average molecular weight is 502 g/mol. The van der Waals surface area contributed by atoms with Gasteiger partial charge in [0, 0.05) is 16.8 Å². The second-order valence-corrected chi connectivity index (χ2v) is 8.32. The normalized spacial score (nSPS) is 16.5. The Balaban J connectivity index is 1.86. The Kier molecular flexibility index (Phi) is 7.57. The van der Waals surface area contributed by atoms with Gasteiger partial charge in [0.05, 0.1) is 38.0 Å². The van der Waals surface area contributed by atoms with Gasteiger partial charge >= 0.3 is 5.97 Å². The number of ketones is 1. The highest BCUT2D eigenvalue weighted by atomic mass is 16.5. The van der Waals surface area contributed by atoms with Crippen molar-refractivity contribution in [3.8, 4) is 11.5 Å². The van der Waals surface area contributed by atoms with E-state index < -0.39 is 23.7 Å². The number of aliphatic hydroxyl groups is 1. The Bertz CT molecular complexity index is 1340. The number of para-hydroxylation sites is 1. The summed E-state index contributed by atoms with van der Waals surface area (Å²) in [4.78, 5) is 39.9. The van der Waals surface area contributed by atoms with E-state index in [1.165, 1.54) is 31.3 Å². The van der Waals surface area contributed by atoms with E-state index in [0.29, 0.717) is 40.5 Å². The van der Waals surface area contributed by atoms with Crippen molar-refractivity contribution in [1.82, 2.24) is 0 Å². The summed E-state index contributed by atoms with van der Waals surface area (Å²) in [7, 11) is 2.77. The monoisotopic (exact) mass is 501 g/mol. The van der Waals surface area contributed by atoms with Crippen molar-refractivity contribution < 1.29 is 33.7 Å². The molecule has 1 unspecified atom stereocenters. The van der Waals surface area contributed by atoms with Crippen molar-refractivity contribution in [2.75, 3.05) is 25.7 Å². The number of Topliss-reactive ketones (excluding diaryl/α,β-unsaturated/α-hetero) is 1. The molecule has 8 heteroatoms. The van der Waals surface area contributed by atoms with Gasteiger partial charge in [0.25, 0.3) is 11.7 Å². The standard InChI is InChI=1S/C29H27NO7/c1-4-17-37-21-15-11-18(12-16-21)26(31)24-25(22-7-5-6-8-23(22)35-2)30(28(33)27(24)32)20-13-9-19(10-14-20)29(34)36-3/h5-16,25,31H,4,17H2,1-3H3/b26-24+. The molecule has 1 atom stereocenters. The lowest BCUT2D eigenvalue weighted by molar-refractivity contribution is -0.132. The number of esters is 1. The van der Waals surface area contributed by atoms with Crippen molar-refractivity contribution in [1.29, 1.82) is 0 Å². The van der Waals surface area contributed by atoms with Gasteiger partial charge in [0.1, 0.15) is 17.3 Å². The second kappa shape index (κ2) is 11.0. The summed E-state index contributed by atoms with van der Waals surface area (Å²) in [5, 5.41) is 11.3. The van der Waals surface area contributed by atoms with Crippen LogP contribution in [0.1, 0.15) is 40.9 Å². The number of ether oxygens (including phenoxy) is 3. The number of carbonyl (C=O) groups excluding carboxylic acids is 3. The molecule has 8 nitrogen and oxygen atoms in total. The first-order chi connectivity index (χ1) is 17.9. The fourth-order valence-corrected chi connectivity index (χ4v) is 4.25. The van der Waals surface area contributed by atoms with Gasteiger partial charge in [-0.25, -0.2) is 4.79 Å². The number of hydrogen-bond acceptors (Lipinski definition) is 7. The Morgan fingerprint density at radius 3 is 2.19 bits per heavy atom. The van der Waals surface area contributed by atoms with Crippen LogP contribution in [0.4, 0.5) is 5.69 Å². The third-order valence-corrected chi connectivity index (χ3v) is 6.05. The van der Waals surface area contributed by atoms with Gasteiger partial charge < -0.3 is 19.3 Å². The van der Waals surface area contributed by atoms with Crippen LogP contribution in [0.15, 0.2) is 78.4 Å². The summed E-state index contributed by atoms with van der Waals surface area (Å²) in [6.07, 6.45) is 0.852. The van der Waals surface area contributed by atoms with Gasteiger partial charge in [-0.3, -0.25) is 14.5 Å². The molecule has 1 aliphatic heterocycles. The summed E-state index contributed by atoms with van der Waals surface area (Å²) >= 11 is 0. The zero-order chi connectivity index (χ0) is 26.5. The molecule has 3 aromatic carbocycles. The molecule has 1 saturated heterocycles. The third kappa shape index (κ3) is 4.91. The van der Waals surface area contributed by atoms with Gasteiger partial charge in [0.2, 0.25) is 0 Å². The number of nitrogens with zero attached hydrogens (tertiary/aromatic N) is 1. The Morgan fingerprint density at radius 2 is 1.57 bits per heavy atom. The van der Waals surface area contributed by atoms with Crippen LogP contribution in [0.3, 0.4) is 0 Å². The molecule has 1 heterocycles. The maximum atomic E-state index is 13.4. The maximum Gasteiger partial charge on any atom is 0.337 e. The molecule has 4 rings (SSSR count). The first-order valence-electron chi connectivity index (χ1n) is 11.8. The zero-order valence-electron chi connectivity index (χ0n) is 20.8. The summed E-state index contributed by atoms with van der Waals surface area (Å²) in [5.41, 5.74) is 1.47. The van der Waals surface area contributed by atoms with Crippen molar-refractivity contribution in [2.45, 2.75) is 19.4 Å². The quantitative estimate of drug-likeness (QED) is 0.203. The van der Waals surface area contributed by atoms with E-state index in [2.05, 4.69) is 0 Å². The third-order valence-electron chi connectivity index (χ3n) is 6.05. The molecule has 1 aliphatic rings. The lowest BCUT2D eigenvalue weighted by Crippen LogP contribution is -2.29. The van der Waals surface area contributed by atoms with E-state index in [4.69, 9.17) is 14.2 Å². The summed E-state index contributed by atoms with van der Waals surface area (Å²) in [5.74, 6) is -1.42. The number of methoxy groups -OCH3 is 2. The molecule has 1 fully saturated rings. The van der Waals surface area contributed by atoms with Gasteiger partial charge in [-0.15, -0.1) is 0 Å². The molecule has 0 aliphatic carbocycles. The van der Waals surface area contributed by atoms with E-state index >= 15 is 0 Å². The molecule has 1 N–H and O–H groups in total. The first kappa shape index (κ1) is 25.5. The fraction of sp³-hybridized carbons (Fsp3) is 0.207. The summed E-state index contributed by atoms with van der Waals surface area (Å²) in [6.45, 7) is 2.55. The van der Waals surface area contributed by atoms with Crippen molar-refractivity contribution in [3.05, 3.63) is 95.1 Å². The topological polar surface area (TPSA) is 102 Å². The smallest absolute Gasteiger partial charge is 0.337 e. The molecule has 0 bridgehead atoms. The Hall–Kier alpha value is -4.59. The molecular formula is C29H27NO7. The largest absolute Gasteiger partial charge is 0.507 e. The fourth-order valence-electron chi connectivity index (χ4n) is 4.25. The van der Waals surface area contributed by atoms with Crippen molar-refractivity contribution >= 4 is 29.1 Å². The maximum absolute atomic E-state index is 13.4. The second-order valence-electron chi connectivity index (χ2n) is 8.32. The minimum absolute atomic E-state index is 0.0752. The predicted octanol–water partition coefficient (Wildman–Crippen LogP) is 4.90. The number of anilines is 1. The highest BCUT2D eigenvalue weighted by Crippen LogP contribution is 2.45. The average Bonchev–Trinajstić information content (AvgIpc) is 3.21. The van der Waals surface area contributed by atoms with Crippen LogP contribution in [0.2, 0.25) is 0 Å². The molecule has 0 aromatic heterocycles. The number of carbonyl (C=O) groups is 3. The van der Waals surface area contributed by atoms with Crippen LogP contribution in [-0.2, 0) is 14.3 Å². The number of aliphatic hydroxyl groups excluding tert-OH is 1. The molecule has 3 aromatic rings. The molecule has 0 spiro atoms. The highest BCUT2D eigenvalue weighted by molar-refractivity contribution is 6.51. The zero-order valence-corrected chi connectivity index (χ0v) is 20.8. The Labute approximate surface area is 214 Å². The number of rotatable bonds is 8. The number of benzene rings is 3. The van der Waals surface area contributed by atoms with E-state index in [9.17, 15) is 19.5 Å². The molecule has 0 saturated carbocycles. The summed E-state index contributed by atoms with van der Waals surface area (Å²) in [6, 6.07) is 18.8. The van der Waals surface area contributed by atoms with E-state index in [0.717, 1.165) is 6.42 Å². The molecule has 37 heavy (non-hydrogen) atoms. The lowest BCUT2D eigenvalue weighted by atomic mass is 9.94. The van der Waals surface area contributed by atoms with Gasteiger partial charge in [-0.1, -0.05) is 25.1 Å². The Morgan fingerprint density at radius 1 is 0.919 bits per heavy atom. The molecule has 0 radical (unpaired) electrons. The van der Waals surface area contributed by atoms with E-state index in [-0.39, 0.29) is 11.3 Å². The highest BCUT2D eigenvalue weighted by Gasteiger charge is 2.47. The van der Waals surface area contributed by atoms with Crippen LogP contribution >= 0.6 is 0 Å². The number of hydrogen-bond donors (Lipinski definition) is 1. The van der Waals surface area contributed by atoms with E-state index in [1.54, 1.807) is 60.7 Å². The van der Waals surface area contributed by atoms with Crippen LogP contribution in [0, 0.1) is 0 Å². The van der Waals surface area contributed by atoms with Gasteiger partial charge in [-0.05, 0) is 61.0 Å². The minimum Gasteiger partial charge on any atom is -0.507 e. The van der Waals surface area contributed by atoms with Crippen LogP contribution in [0.25, 0.3) is 5.76 Å². The van der Waals surface area contributed by atoms with Crippen LogP contribution in [0.5, 0.6) is 11.5 Å². The summed E-state index contributed by atoms with van der Waals surface area (Å²) < 4.78 is 15.9. The predicted molar refractivity (Wildman–Crippen MR) is 138 cm³/mol. The van der Waals surface area contributed by atoms with Gasteiger partial charge in [-0.2, -0.15) is 0 Å². The molecule has 190 valence electrons. The minimum atomic E-state index is -0.976. The van der Waals surface area contributed by atoms with Crippen LogP contribution < -0.4 is 14.4 Å². The van der Waals surface area contributed by atoms with Crippen LogP contribution in [-0.4, -0.2) is 43.6 Å².